The molecule has 0 radical (unpaired) electrons. The summed E-state index contributed by atoms with van der Waals surface area (Å²) in [6.07, 6.45) is 3.08. The Labute approximate surface area is 128 Å². The van der Waals surface area contributed by atoms with Crippen LogP contribution in [0.1, 0.15) is 19.3 Å². The van der Waals surface area contributed by atoms with Crippen molar-refractivity contribution in [2.24, 2.45) is 5.41 Å². The van der Waals surface area contributed by atoms with Gasteiger partial charge in [0.05, 0.1) is 13.2 Å². The van der Waals surface area contributed by atoms with Crippen molar-refractivity contribution < 1.29 is 9.84 Å². The highest BCUT2D eigenvalue weighted by Crippen LogP contribution is 2.48. The minimum absolute atomic E-state index is 0.195. The first-order valence-corrected chi connectivity index (χ1v) is 7.68. The molecule has 0 aromatic carbocycles. The Hall–Kier alpha value is -1.18. The van der Waals surface area contributed by atoms with E-state index in [1.165, 1.54) is 0 Å². The predicted molar refractivity (Wildman–Crippen MR) is 79.7 cm³/mol. The van der Waals surface area contributed by atoms with Crippen molar-refractivity contribution in [3.63, 3.8) is 0 Å². The standard InChI is InChI=1S/C13H20ClN5O2/c14-10-16-11(15-9-13(1-2-13)3-6-20)18-12(17-10)19-4-7-21-8-5-19/h20H,1-9H2,(H,15,16,17,18). The number of aromatic nitrogens is 3. The van der Waals surface area contributed by atoms with E-state index in [4.69, 9.17) is 21.4 Å². The summed E-state index contributed by atoms with van der Waals surface area (Å²) in [6, 6.07) is 0. The molecule has 1 aromatic rings. The second-order valence-corrected chi connectivity index (χ2v) is 5.99. The van der Waals surface area contributed by atoms with E-state index in [-0.39, 0.29) is 17.3 Å². The summed E-state index contributed by atoms with van der Waals surface area (Å²) in [6.45, 7) is 3.84. The maximum absolute atomic E-state index is 9.09. The Morgan fingerprint density at radius 3 is 2.67 bits per heavy atom. The molecule has 2 N–H and O–H groups in total. The van der Waals surface area contributed by atoms with Gasteiger partial charge < -0.3 is 20.1 Å². The Morgan fingerprint density at radius 2 is 2.00 bits per heavy atom. The van der Waals surface area contributed by atoms with Crippen molar-refractivity contribution in [1.29, 1.82) is 0 Å². The van der Waals surface area contributed by atoms with Gasteiger partial charge in [0.15, 0.2) is 0 Å². The van der Waals surface area contributed by atoms with E-state index in [2.05, 4.69) is 20.3 Å². The summed E-state index contributed by atoms with van der Waals surface area (Å²) in [5, 5.41) is 12.5. The summed E-state index contributed by atoms with van der Waals surface area (Å²) in [7, 11) is 0. The maximum atomic E-state index is 9.09. The molecule has 7 nitrogen and oxygen atoms in total. The Balaban J connectivity index is 1.66. The number of rotatable bonds is 6. The lowest BCUT2D eigenvalue weighted by Crippen LogP contribution is -2.37. The molecule has 116 valence electrons. The number of morpholine rings is 1. The molecule has 8 heteroatoms. The highest BCUT2D eigenvalue weighted by atomic mass is 35.5. The molecule has 0 atom stereocenters. The number of hydrogen-bond acceptors (Lipinski definition) is 7. The van der Waals surface area contributed by atoms with Gasteiger partial charge in [0.25, 0.3) is 0 Å². The summed E-state index contributed by atoms with van der Waals surface area (Å²) < 4.78 is 5.32. The summed E-state index contributed by atoms with van der Waals surface area (Å²) in [5.41, 5.74) is 0.201. The van der Waals surface area contributed by atoms with Crippen LogP contribution in [0.15, 0.2) is 0 Å². The van der Waals surface area contributed by atoms with E-state index < -0.39 is 0 Å². The Kier molecular flexibility index (Phi) is 4.42. The van der Waals surface area contributed by atoms with Crippen LogP contribution in [0.2, 0.25) is 5.28 Å². The Morgan fingerprint density at radius 1 is 1.24 bits per heavy atom. The van der Waals surface area contributed by atoms with E-state index in [1.54, 1.807) is 0 Å². The predicted octanol–water partition coefficient (Wildman–Crippen LogP) is 0.936. The molecule has 2 aliphatic rings. The molecule has 1 saturated carbocycles. The van der Waals surface area contributed by atoms with Gasteiger partial charge in [-0.1, -0.05) is 0 Å². The highest BCUT2D eigenvalue weighted by Gasteiger charge is 2.41. The number of anilines is 2. The minimum atomic E-state index is 0.195. The van der Waals surface area contributed by atoms with Crippen molar-refractivity contribution in [2.75, 3.05) is 49.7 Å². The molecule has 2 heterocycles. The van der Waals surface area contributed by atoms with Crippen LogP contribution < -0.4 is 10.2 Å². The number of hydrogen-bond donors (Lipinski definition) is 2. The van der Waals surface area contributed by atoms with Gasteiger partial charge in [0, 0.05) is 26.2 Å². The van der Waals surface area contributed by atoms with Crippen molar-refractivity contribution in [2.45, 2.75) is 19.3 Å². The second kappa shape index (κ2) is 6.29. The molecule has 0 spiro atoms. The Bertz CT molecular complexity index is 491. The van der Waals surface area contributed by atoms with Crippen molar-refractivity contribution >= 4 is 23.5 Å². The molecule has 0 unspecified atom stereocenters. The maximum Gasteiger partial charge on any atom is 0.231 e. The number of ether oxygens (including phenoxy) is 1. The zero-order chi connectivity index (χ0) is 14.7. The molecule has 1 aromatic heterocycles. The fourth-order valence-corrected chi connectivity index (χ4v) is 2.67. The van der Waals surface area contributed by atoms with Crippen molar-refractivity contribution in [3.05, 3.63) is 5.28 Å². The molecule has 2 fully saturated rings. The zero-order valence-corrected chi connectivity index (χ0v) is 12.6. The molecule has 1 saturated heterocycles. The van der Waals surface area contributed by atoms with Crippen molar-refractivity contribution in [3.8, 4) is 0 Å². The lowest BCUT2D eigenvalue weighted by molar-refractivity contribution is 0.122. The SMILES string of the molecule is OCCC1(CNc2nc(Cl)nc(N3CCOCC3)n2)CC1. The summed E-state index contributed by atoms with van der Waals surface area (Å²) in [4.78, 5) is 14.8. The third kappa shape index (κ3) is 3.72. The number of nitrogens with zero attached hydrogens (tertiary/aromatic N) is 4. The van der Waals surface area contributed by atoms with Gasteiger partial charge in [-0.15, -0.1) is 0 Å². The fourth-order valence-electron chi connectivity index (χ4n) is 2.52. The summed E-state index contributed by atoms with van der Waals surface area (Å²) in [5.74, 6) is 1.09. The topological polar surface area (TPSA) is 83.4 Å². The number of aliphatic hydroxyl groups excluding tert-OH is 1. The third-order valence-corrected chi connectivity index (χ3v) is 4.28. The third-order valence-electron chi connectivity index (χ3n) is 4.11. The molecule has 0 amide bonds. The van der Waals surface area contributed by atoms with E-state index >= 15 is 0 Å². The quantitative estimate of drug-likeness (QED) is 0.808. The molecule has 0 bridgehead atoms. The first-order valence-electron chi connectivity index (χ1n) is 7.30. The normalized spacial score (nSPS) is 20.4. The van der Waals surface area contributed by atoms with Crippen LogP contribution in [-0.4, -0.2) is 59.5 Å². The van der Waals surface area contributed by atoms with Gasteiger partial charge in [-0.2, -0.15) is 15.0 Å². The van der Waals surface area contributed by atoms with E-state index in [1.807, 2.05) is 4.90 Å². The summed E-state index contributed by atoms with van der Waals surface area (Å²) >= 11 is 6.00. The van der Waals surface area contributed by atoms with E-state index in [0.29, 0.717) is 25.1 Å². The number of nitrogens with one attached hydrogen (secondary N) is 1. The largest absolute Gasteiger partial charge is 0.396 e. The van der Waals surface area contributed by atoms with Gasteiger partial charge in [0.1, 0.15) is 0 Å². The van der Waals surface area contributed by atoms with Gasteiger partial charge in [0.2, 0.25) is 17.2 Å². The molecular weight excluding hydrogens is 294 g/mol. The molecular formula is C13H20ClN5O2. The van der Waals surface area contributed by atoms with Crippen LogP contribution in [0.3, 0.4) is 0 Å². The van der Waals surface area contributed by atoms with Crippen LogP contribution >= 0.6 is 11.6 Å². The molecule has 1 aliphatic carbocycles. The number of halogens is 1. The minimum Gasteiger partial charge on any atom is -0.396 e. The average Bonchev–Trinajstić information content (AvgIpc) is 3.26. The van der Waals surface area contributed by atoms with E-state index in [9.17, 15) is 0 Å². The first kappa shape index (κ1) is 14.7. The van der Waals surface area contributed by atoms with E-state index in [0.717, 1.165) is 38.9 Å². The van der Waals surface area contributed by atoms with Gasteiger partial charge in [-0.25, -0.2) is 0 Å². The number of aliphatic hydroxyl groups is 1. The average molecular weight is 314 g/mol. The van der Waals surface area contributed by atoms with Gasteiger partial charge in [-0.3, -0.25) is 0 Å². The van der Waals surface area contributed by atoms with Crippen LogP contribution in [0.4, 0.5) is 11.9 Å². The van der Waals surface area contributed by atoms with Gasteiger partial charge >= 0.3 is 0 Å². The molecule has 21 heavy (non-hydrogen) atoms. The first-order chi connectivity index (χ1) is 10.2. The lowest BCUT2D eigenvalue weighted by Gasteiger charge is -2.26. The monoisotopic (exact) mass is 313 g/mol. The fraction of sp³-hybridized carbons (Fsp3) is 0.769. The second-order valence-electron chi connectivity index (χ2n) is 5.65. The van der Waals surface area contributed by atoms with Crippen LogP contribution in [0.5, 0.6) is 0 Å². The molecule has 1 aliphatic heterocycles. The van der Waals surface area contributed by atoms with Crippen molar-refractivity contribution in [1.82, 2.24) is 15.0 Å². The van der Waals surface area contributed by atoms with Crippen LogP contribution in [0.25, 0.3) is 0 Å². The van der Waals surface area contributed by atoms with Crippen LogP contribution in [-0.2, 0) is 4.74 Å². The highest BCUT2D eigenvalue weighted by molar-refractivity contribution is 6.28. The zero-order valence-electron chi connectivity index (χ0n) is 11.9. The molecule has 3 rings (SSSR count). The van der Waals surface area contributed by atoms with Gasteiger partial charge in [-0.05, 0) is 36.3 Å². The van der Waals surface area contributed by atoms with Crippen LogP contribution in [0, 0.1) is 5.41 Å². The smallest absolute Gasteiger partial charge is 0.231 e. The lowest BCUT2D eigenvalue weighted by atomic mass is 10.0.